The van der Waals surface area contributed by atoms with Crippen LogP contribution in [0.2, 0.25) is 5.02 Å². The Kier molecular flexibility index (Phi) is 4.80. The summed E-state index contributed by atoms with van der Waals surface area (Å²) in [7, 11) is 0. The smallest absolute Gasteiger partial charge is 0.270 e. The summed E-state index contributed by atoms with van der Waals surface area (Å²) in [6.07, 6.45) is 1.50. The highest BCUT2D eigenvalue weighted by molar-refractivity contribution is 9.10. The number of carbonyl (C=O) groups excluding carboxylic acids is 2. The van der Waals surface area contributed by atoms with Crippen molar-refractivity contribution in [3.05, 3.63) is 69.2 Å². The van der Waals surface area contributed by atoms with Gasteiger partial charge in [-0.25, -0.2) is 0 Å². The van der Waals surface area contributed by atoms with Crippen LogP contribution in [-0.2, 0) is 9.59 Å². The lowest BCUT2D eigenvalue weighted by Gasteiger charge is -2.29. The highest BCUT2D eigenvalue weighted by Gasteiger charge is 2.34. The predicted octanol–water partition coefficient (Wildman–Crippen LogP) is 3.93. The number of halogens is 2. The lowest BCUT2D eigenvalue weighted by atomic mass is 10.1. The summed E-state index contributed by atoms with van der Waals surface area (Å²) in [6.45, 7) is 0. The lowest BCUT2D eigenvalue weighted by molar-refractivity contribution is -0.122. The number of rotatable bonds is 2. The molecule has 0 spiro atoms. The minimum absolute atomic E-state index is 0.00575. The van der Waals surface area contributed by atoms with E-state index in [0.29, 0.717) is 16.3 Å². The predicted molar refractivity (Wildman–Crippen MR) is 102 cm³/mol. The van der Waals surface area contributed by atoms with E-state index in [9.17, 15) is 9.59 Å². The topological polar surface area (TPSA) is 49.4 Å². The monoisotopic (exact) mass is 420 g/mol. The van der Waals surface area contributed by atoms with Gasteiger partial charge < -0.3 is 0 Å². The van der Waals surface area contributed by atoms with Gasteiger partial charge in [0.2, 0.25) is 0 Å². The largest absolute Gasteiger partial charge is 0.298 e. The van der Waals surface area contributed by atoms with Gasteiger partial charge in [-0.05, 0) is 60.3 Å². The molecule has 1 aliphatic rings. The summed E-state index contributed by atoms with van der Waals surface area (Å²) < 4.78 is 0.875. The van der Waals surface area contributed by atoms with E-state index in [1.54, 1.807) is 48.5 Å². The van der Waals surface area contributed by atoms with Crippen LogP contribution in [0.3, 0.4) is 0 Å². The van der Waals surface area contributed by atoms with Gasteiger partial charge in [-0.15, -0.1) is 0 Å². The van der Waals surface area contributed by atoms with E-state index in [-0.39, 0.29) is 10.7 Å². The Labute approximate surface area is 157 Å². The third-order valence-electron chi connectivity index (χ3n) is 3.35. The first-order valence-electron chi connectivity index (χ1n) is 6.88. The van der Waals surface area contributed by atoms with Gasteiger partial charge >= 0.3 is 0 Å². The molecule has 4 nitrogen and oxygen atoms in total. The van der Waals surface area contributed by atoms with Crippen LogP contribution >= 0.6 is 39.7 Å². The second-order valence-electron chi connectivity index (χ2n) is 4.99. The van der Waals surface area contributed by atoms with Crippen molar-refractivity contribution >= 4 is 68.4 Å². The first-order valence-corrected chi connectivity index (χ1v) is 8.46. The summed E-state index contributed by atoms with van der Waals surface area (Å²) >= 11 is 14.4. The van der Waals surface area contributed by atoms with Gasteiger partial charge in [0.15, 0.2) is 5.11 Å². The average Bonchev–Trinajstić information content (AvgIpc) is 2.53. The van der Waals surface area contributed by atoms with Crippen molar-refractivity contribution in [3.63, 3.8) is 0 Å². The Hall–Kier alpha value is -2.02. The number of thiocarbonyl (C=S) groups is 1. The third kappa shape index (κ3) is 3.40. The maximum atomic E-state index is 12.8. The van der Waals surface area contributed by atoms with Gasteiger partial charge in [-0.2, -0.15) is 0 Å². The fraction of sp³-hybridized carbons (Fsp3) is 0. The van der Waals surface area contributed by atoms with Crippen molar-refractivity contribution in [1.29, 1.82) is 0 Å². The standard InChI is InChI=1S/C17H10BrClN2O2S/c18-11-4-6-13(7-5-11)21-16(23)14(15(22)20-17(21)24)9-10-2-1-3-12(19)8-10/h1-9H,(H,20,22,24). The molecule has 0 aliphatic carbocycles. The van der Waals surface area contributed by atoms with Gasteiger partial charge in [-0.3, -0.25) is 19.8 Å². The molecule has 0 atom stereocenters. The van der Waals surface area contributed by atoms with Gasteiger partial charge in [0, 0.05) is 9.50 Å². The van der Waals surface area contributed by atoms with Crippen molar-refractivity contribution < 1.29 is 9.59 Å². The Morgan fingerprint density at radius 3 is 2.50 bits per heavy atom. The molecule has 1 N–H and O–H groups in total. The van der Waals surface area contributed by atoms with E-state index in [4.69, 9.17) is 23.8 Å². The first kappa shape index (κ1) is 16.8. The maximum absolute atomic E-state index is 12.8. The summed E-state index contributed by atoms with van der Waals surface area (Å²) in [5, 5.41) is 3.12. The van der Waals surface area contributed by atoms with Crippen molar-refractivity contribution in [1.82, 2.24) is 5.32 Å². The van der Waals surface area contributed by atoms with Crippen LogP contribution in [-0.4, -0.2) is 16.9 Å². The zero-order valence-corrected chi connectivity index (χ0v) is 15.3. The maximum Gasteiger partial charge on any atom is 0.270 e. The molecule has 1 aliphatic heterocycles. The Bertz CT molecular complexity index is 880. The number of anilines is 1. The molecule has 1 heterocycles. The van der Waals surface area contributed by atoms with Crippen LogP contribution in [0.1, 0.15) is 5.56 Å². The van der Waals surface area contributed by atoms with Crippen LogP contribution in [0.25, 0.3) is 6.08 Å². The first-order chi connectivity index (χ1) is 11.5. The zero-order valence-electron chi connectivity index (χ0n) is 12.1. The molecule has 2 aromatic carbocycles. The molecule has 0 unspecified atom stereocenters. The summed E-state index contributed by atoms with van der Waals surface area (Å²) in [6, 6.07) is 14.0. The number of hydrogen-bond donors (Lipinski definition) is 1. The number of carbonyl (C=O) groups is 2. The minimum atomic E-state index is -0.529. The van der Waals surface area contributed by atoms with Gasteiger partial charge in [0.05, 0.1) is 5.69 Å². The number of amides is 2. The summed E-state index contributed by atoms with van der Waals surface area (Å²) in [5.74, 6) is -1.01. The fourth-order valence-electron chi connectivity index (χ4n) is 2.25. The van der Waals surface area contributed by atoms with E-state index in [2.05, 4.69) is 21.2 Å². The third-order valence-corrected chi connectivity index (χ3v) is 4.39. The molecule has 3 rings (SSSR count). The van der Waals surface area contributed by atoms with E-state index in [0.717, 1.165) is 4.47 Å². The van der Waals surface area contributed by atoms with Gasteiger partial charge in [0.25, 0.3) is 11.8 Å². The van der Waals surface area contributed by atoms with E-state index >= 15 is 0 Å². The van der Waals surface area contributed by atoms with Crippen LogP contribution in [0.4, 0.5) is 5.69 Å². The van der Waals surface area contributed by atoms with Crippen molar-refractivity contribution in [3.8, 4) is 0 Å². The molecular formula is C17H10BrClN2O2S. The fourth-order valence-corrected chi connectivity index (χ4v) is 2.99. The molecule has 0 saturated carbocycles. The number of nitrogens with one attached hydrogen (secondary N) is 1. The Balaban J connectivity index is 2.01. The Morgan fingerprint density at radius 2 is 1.83 bits per heavy atom. The minimum Gasteiger partial charge on any atom is -0.298 e. The van der Waals surface area contributed by atoms with Crippen molar-refractivity contribution in [2.75, 3.05) is 4.90 Å². The molecule has 2 amide bonds. The van der Waals surface area contributed by atoms with Gasteiger partial charge in [0.1, 0.15) is 5.57 Å². The van der Waals surface area contributed by atoms with Crippen LogP contribution in [0, 0.1) is 0 Å². The van der Waals surface area contributed by atoms with E-state index in [1.165, 1.54) is 11.0 Å². The SMILES string of the molecule is O=C1NC(=S)N(c2ccc(Br)cc2)C(=O)C1=Cc1cccc(Cl)c1. The van der Waals surface area contributed by atoms with Crippen LogP contribution in [0.5, 0.6) is 0 Å². The number of nitrogens with zero attached hydrogens (tertiary/aromatic N) is 1. The molecule has 2 aromatic rings. The molecule has 1 fully saturated rings. The highest BCUT2D eigenvalue weighted by atomic mass is 79.9. The molecule has 1 saturated heterocycles. The number of benzene rings is 2. The highest BCUT2D eigenvalue weighted by Crippen LogP contribution is 2.24. The van der Waals surface area contributed by atoms with Crippen molar-refractivity contribution in [2.45, 2.75) is 0 Å². The molecule has 0 aromatic heterocycles. The van der Waals surface area contributed by atoms with Crippen molar-refractivity contribution in [2.24, 2.45) is 0 Å². The van der Waals surface area contributed by atoms with Crippen LogP contribution in [0.15, 0.2) is 58.6 Å². The molecule has 7 heteroatoms. The second kappa shape index (κ2) is 6.84. The van der Waals surface area contributed by atoms with E-state index < -0.39 is 11.8 Å². The zero-order chi connectivity index (χ0) is 17.3. The molecule has 24 heavy (non-hydrogen) atoms. The van der Waals surface area contributed by atoms with Gasteiger partial charge in [-0.1, -0.05) is 39.7 Å². The lowest BCUT2D eigenvalue weighted by Crippen LogP contribution is -2.54. The molecular weight excluding hydrogens is 412 g/mol. The summed E-state index contributed by atoms with van der Waals surface area (Å²) in [4.78, 5) is 26.3. The second-order valence-corrected chi connectivity index (χ2v) is 6.73. The van der Waals surface area contributed by atoms with E-state index in [1.807, 2.05) is 0 Å². The molecule has 0 radical (unpaired) electrons. The molecule has 0 bridgehead atoms. The van der Waals surface area contributed by atoms with Crippen LogP contribution < -0.4 is 10.2 Å². The summed E-state index contributed by atoms with van der Waals surface area (Å²) in [5.41, 5.74) is 1.23. The number of hydrogen-bond acceptors (Lipinski definition) is 3. The quantitative estimate of drug-likeness (QED) is 0.454. The average molecular weight is 422 g/mol. The normalized spacial score (nSPS) is 16.5. The Morgan fingerprint density at radius 1 is 1.12 bits per heavy atom. The molecule has 120 valence electrons.